The van der Waals surface area contributed by atoms with Gasteiger partial charge in [-0.25, -0.2) is 0 Å². The predicted octanol–water partition coefficient (Wildman–Crippen LogP) is 3.71. The first-order valence-electron chi connectivity index (χ1n) is 7.68. The largest absolute Gasteiger partial charge is 0.398 e. The number of likely N-dealkylation sites (tertiary alicyclic amines) is 1. The normalized spacial score (nSPS) is 23.6. The maximum absolute atomic E-state index is 6.06. The Labute approximate surface area is 122 Å². The summed E-state index contributed by atoms with van der Waals surface area (Å²) in [7, 11) is 0. The molecule has 2 N–H and O–H groups in total. The van der Waals surface area contributed by atoms with Gasteiger partial charge in [0.2, 0.25) is 0 Å². The number of nitrogen functional groups attached to an aromatic ring is 1. The molecule has 2 heteroatoms. The average molecular weight is 268 g/mol. The molecule has 0 radical (unpaired) electrons. The van der Waals surface area contributed by atoms with E-state index in [1.807, 2.05) is 12.1 Å². The molecule has 0 saturated carbocycles. The fourth-order valence-electron chi connectivity index (χ4n) is 3.28. The van der Waals surface area contributed by atoms with Crippen LogP contribution in [-0.2, 0) is 0 Å². The number of nitrogens with two attached hydrogens (primary N) is 1. The summed E-state index contributed by atoms with van der Waals surface area (Å²) >= 11 is 0. The molecule has 1 aromatic carbocycles. The van der Waals surface area contributed by atoms with Crippen molar-refractivity contribution in [3.8, 4) is 0 Å². The number of hydrogen-bond acceptors (Lipinski definition) is 2. The van der Waals surface area contributed by atoms with Gasteiger partial charge in [-0.3, -0.25) is 4.90 Å². The molecule has 0 aromatic heterocycles. The smallest absolute Gasteiger partial charge is 0.0390 e. The molecule has 1 aliphatic carbocycles. The van der Waals surface area contributed by atoms with E-state index >= 15 is 0 Å². The van der Waals surface area contributed by atoms with Gasteiger partial charge in [-0.15, -0.1) is 0 Å². The van der Waals surface area contributed by atoms with Crippen LogP contribution in [0.2, 0.25) is 0 Å². The molecular weight excluding hydrogens is 244 g/mol. The summed E-state index contributed by atoms with van der Waals surface area (Å²) in [5, 5.41) is 0. The minimum Gasteiger partial charge on any atom is -0.398 e. The van der Waals surface area contributed by atoms with Crippen molar-refractivity contribution in [2.75, 3.05) is 25.4 Å². The number of rotatable bonds is 3. The highest BCUT2D eigenvalue weighted by atomic mass is 15.1. The minimum atomic E-state index is 0.870. The molecule has 1 aliphatic heterocycles. The van der Waals surface area contributed by atoms with E-state index in [0.29, 0.717) is 0 Å². The summed E-state index contributed by atoms with van der Waals surface area (Å²) in [6, 6.07) is 8.18. The van der Waals surface area contributed by atoms with Crippen molar-refractivity contribution in [1.82, 2.24) is 4.90 Å². The number of nitrogens with zero attached hydrogens (tertiary/aromatic N) is 1. The summed E-state index contributed by atoms with van der Waals surface area (Å²) in [6.45, 7) is 6.03. The zero-order chi connectivity index (χ0) is 13.9. The lowest BCUT2D eigenvalue weighted by molar-refractivity contribution is 0.352. The first-order valence-corrected chi connectivity index (χ1v) is 7.68. The van der Waals surface area contributed by atoms with Crippen molar-refractivity contribution >= 4 is 11.3 Å². The van der Waals surface area contributed by atoms with Crippen LogP contribution in [0.3, 0.4) is 0 Å². The van der Waals surface area contributed by atoms with Gasteiger partial charge >= 0.3 is 0 Å². The van der Waals surface area contributed by atoms with E-state index in [1.54, 1.807) is 5.57 Å². The van der Waals surface area contributed by atoms with Crippen LogP contribution in [0.25, 0.3) is 5.57 Å². The number of para-hydroxylation sites is 1. The van der Waals surface area contributed by atoms with E-state index in [-0.39, 0.29) is 0 Å². The van der Waals surface area contributed by atoms with Crippen LogP contribution in [0.4, 0.5) is 5.69 Å². The van der Waals surface area contributed by atoms with Gasteiger partial charge < -0.3 is 5.73 Å². The number of hydrogen-bond donors (Lipinski definition) is 1. The summed E-state index contributed by atoms with van der Waals surface area (Å²) < 4.78 is 0. The molecule has 106 valence electrons. The quantitative estimate of drug-likeness (QED) is 0.847. The van der Waals surface area contributed by atoms with Crippen LogP contribution in [0.15, 0.2) is 42.0 Å². The molecule has 3 rings (SSSR count). The first-order chi connectivity index (χ1) is 9.72. The van der Waals surface area contributed by atoms with Gasteiger partial charge in [0, 0.05) is 24.3 Å². The second kappa shape index (κ2) is 5.84. The maximum atomic E-state index is 6.06. The molecule has 1 unspecified atom stereocenters. The molecule has 0 spiro atoms. The average Bonchev–Trinajstić information content (AvgIpc) is 2.86. The second-order valence-electron chi connectivity index (χ2n) is 6.23. The van der Waals surface area contributed by atoms with Gasteiger partial charge in [0.1, 0.15) is 0 Å². The Hall–Kier alpha value is -1.54. The molecule has 1 saturated heterocycles. The summed E-state index contributed by atoms with van der Waals surface area (Å²) in [4.78, 5) is 2.59. The van der Waals surface area contributed by atoms with E-state index in [2.05, 4.69) is 36.1 Å². The van der Waals surface area contributed by atoms with E-state index in [1.165, 1.54) is 37.1 Å². The number of allylic oxidation sites excluding steroid dienone is 3. The third-order valence-corrected chi connectivity index (χ3v) is 4.48. The highest BCUT2D eigenvalue weighted by molar-refractivity contribution is 5.76. The Balaban J connectivity index is 1.68. The van der Waals surface area contributed by atoms with Crippen molar-refractivity contribution < 1.29 is 0 Å². The standard InChI is InChI=1S/C18H24N2/c1-14-10-11-20(12-14)13-15-6-8-16(9-7-15)17-4-2-3-5-18(17)19/h2-6,8,14H,7,9-13,19H2,1H3. The lowest BCUT2D eigenvalue weighted by atomic mass is 9.92. The molecule has 0 bridgehead atoms. The zero-order valence-corrected chi connectivity index (χ0v) is 12.3. The van der Waals surface area contributed by atoms with Crippen molar-refractivity contribution in [3.05, 3.63) is 47.6 Å². The molecular formula is C18H24N2. The van der Waals surface area contributed by atoms with Crippen LogP contribution in [0.5, 0.6) is 0 Å². The number of benzene rings is 1. The first kappa shape index (κ1) is 13.4. The maximum Gasteiger partial charge on any atom is 0.0390 e. The van der Waals surface area contributed by atoms with Crippen LogP contribution < -0.4 is 5.73 Å². The summed E-state index contributed by atoms with van der Waals surface area (Å²) in [5.74, 6) is 0.870. The summed E-state index contributed by atoms with van der Waals surface area (Å²) in [5.41, 5.74) is 11.1. The van der Waals surface area contributed by atoms with Crippen molar-refractivity contribution in [1.29, 1.82) is 0 Å². The molecule has 2 nitrogen and oxygen atoms in total. The van der Waals surface area contributed by atoms with Crippen molar-refractivity contribution in [2.24, 2.45) is 5.92 Å². The third kappa shape index (κ3) is 2.96. The van der Waals surface area contributed by atoms with Gasteiger partial charge in [-0.1, -0.05) is 42.8 Å². The third-order valence-electron chi connectivity index (χ3n) is 4.48. The van der Waals surface area contributed by atoms with Gasteiger partial charge in [-0.2, -0.15) is 0 Å². The highest BCUT2D eigenvalue weighted by Crippen LogP contribution is 2.30. The molecule has 1 atom stereocenters. The van der Waals surface area contributed by atoms with Crippen LogP contribution in [-0.4, -0.2) is 24.5 Å². The fourth-order valence-corrected chi connectivity index (χ4v) is 3.28. The Morgan fingerprint density at radius 2 is 2.05 bits per heavy atom. The lowest BCUT2D eigenvalue weighted by Crippen LogP contribution is -2.23. The van der Waals surface area contributed by atoms with E-state index in [4.69, 9.17) is 5.73 Å². The zero-order valence-electron chi connectivity index (χ0n) is 12.3. The summed E-state index contributed by atoms with van der Waals surface area (Å²) in [6.07, 6.45) is 8.22. The van der Waals surface area contributed by atoms with E-state index in [0.717, 1.165) is 24.6 Å². The molecule has 20 heavy (non-hydrogen) atoms. The highest BCUT2D eigenvalue weighted by Gasteiger charge is 2.20. The van der Waals surface area contributed by atoms with E-state index in [9.17, 15) is 0 Å². The minimum absolute atomic E-state index is 0.870. The van der Waals surface area contributed by atoms with Crippen LogP contribution >= 0.6 is 0 Å². The monoisotopic (exact) mass is 268 g/mol. The Morgan fingerprint density at radius 3 is 2.70 bits per heavy atom. The molecule has 0 amide bonds. The predicted molar refractivity (Wildman–Crippen MR) is 86.4 cm³/mol. The Kier molecular flexibility index (Phi) is 3.93. The Bertz CT molecular complexity index is 542. The van der Waals surface area contributed by atoms with Gasteiger partial charge in [0.25, 0.3) is 0 Å². The van der Waals surface area contributed by atoms with Gasteiger partial charge in [0.15, 0.2) is 0 Å². The van der Waals surface area contributed by atoms with Crippen molar-refractivity contribution in [3.63, 3.8) is 0 Å². The van der Waals surface area contributed by atoms with Crippen LogP contribution in [0, 0.1) is 5.92 Å². The topological polar surface area (TPSA) is 29.3 Å². The van der Waals surface area contributed by atoms with Crippen molar-refractivity contribution in [2.45, 2.75) is 26.2 Å². The molecule has 2 aliphatic rings. The SMILES string of the molecule is CC1CCN(CC2=CC=C(c3ccccc3N)CC2)C1. The second-order valence-corrected chi connectivity index (χ2v) is 6.23. The fraction of sp³-hybridized carbons (Fsp3) is 0.444. The van der Waals surface area contributed by atoms with Gasteiger partial charge in [0.05, 0.1) is 0 Å². The van der Waals surface area contributed by atoms with E-state index < -0.39 is 0 Å². The lowest BCUT2D eigenvalue weighted by Gasteiger charge is -2.21. The Morgan fingerprint density at radius 1 is 1.20 bits per heavy atom. The molecule has 1 heterocycles. The number of anilines is 1. The molecule has 1 aromatic rings. The van der Waals surface area contributed by atoms with Crippen LogP contribution in [0.1, 0.15) is 31.7 Å². The van der Waals surface area contributed by atoms with Gasteiger partial charge in [-0.05, 0) is 43.4 Å². The molecule has 1 fully saturated rings.